The molecule has 6 heteroatoms. The predicted octanol–water partition coefficient (Wildman–Crippen LogP) is 6.25. The van der Waals surface area contributed by atoms with Crippen LogP contribution in [0.5, 0.6) is 0 Å². The normalized spacial score (nSPS) is 46.1. The minimum Gasteiger partial charge on any atom is -0.458 e. The Balaban J connectivity index is 1.77. The molecule has 3 saturated carbocycles. The molecule has 0 aromatic rings. The van der Waals surface area contributed by atoms with Crippen molar-refractivity contribution in [3.05, 3.63) is 11.4 Å². The van der Waals surface area contributed by atoms with Crippen molar-refractivity contribution in [1.29, 1.82) is 0 Å². The van der Waals surface area contributed by atoms with E-state index in [2.05, 4.69) is 20.8 Å². The summed E-state index contributed by atoms with van der Waals surface area (Å²) in [4.78, 5) is 24.8. The van der Waals surface area contributed by atoms with E-state index in [4.69, 9.17) is 4.74 Å². The van der Waals surface area contributed by atoms with Gasteiger partial charge in [-0.25, -0.2) is 8.78 Å². The number of aliphatic hydroxyl groups is 1. The van der Waals surface area contributed by atoms with Crippen LogP contribution in [0, 0.1) is 34.5 Å². The molecule has 4 aliphatic carbocycles. The molecule has 4 nitrogen and oxygen atoms in total. The molecule has 4 unspecified atom stereocenters. The maximum atomic E-state index is 15.7. The fourth-order valence-electron chi connectivity index (χ4n) is 8.91. The summed E-state index contributed by atoms with van der Waals surface area (Å²) in [5.74, 6) is -2.03. The number of alkyl halides is 1. The zero-order valence-electron chi connectivity index (χ0n) is 21.5. The molecule has 0 saturated heterocycles. The highest BCUT2D eigenvalue weighted by molar-refractivity contribution is 5.95. The lowest BCUT2D eigenvalue weighted by molar-refractivity contribution is -0.209. The first kappa shape index (κ1) is 25.8. The third kappa shape index (κ3) is 3.52. The minimum atomic E-state index is -1.52. The quantitative estimate of drug-likeness (QED) is 0.360. The van der Waals surface area contributed by atoms with Crippen LogP contribution in [0.2, 0.25) is 0 Å². The fraction of sp³-hybridized carbons (Fsp3) is 0.857. The molecule has 0 aromatic heterocycles. The SMILES string of the molecule is CCCCCC1(OC(=O)CC)C(C)C[C@H]2[C@@H]3CC(F)C4=C(F)C(=O)CC[C@]4(C)[C@@H]3C(O)C[C@@]21C. The van der Waals surface area contributed by atoms with Crippen molar-refractivity contribution in [3.8, 4) is 0 Å². The lowest BCUT2D eigenvalue weighted by atomic mass is 9.45. The van der Waals surface area contributed by atoms with E-state index >= 15 is 4.39 Å². The summed E-state index contributed by atoms with van der Waals surface area (Å²) in [5, 5.41) is 11.6. The van der Waals surface area contributed by atoms with Crippen LogP contribution in [-0.2, 0) is 14.3 Å². The van der Waals surface area contributed by atoms with Crippen LogP contribution in [-0.4, -0.2) is 34.7 Å². The number of Topliss-reactive ketones (excluding diaryl/α,β-unsaturated/α-hetero) is 1. The monoisotopic (exact) mass is 480 g/mol. The molecule has 3 fully saturated rings. The molecule has 192 valence electrons. The van der Waals surface area contributed by atoms with Gasteiger partial charge >= 0.3 is 5.97 Å². The van der Waals surface area contributed by atoms with Crippen LogP contribution in [0.4, 0.5) is 8.78 Å². The maximum absolute atomic E-state index is 15.7. The topological polar surface area (TPSA) is 63.6 Å². The lowest BCUT2D eigenvalue weighted by Crippen LogP contribution is -2.62. The Morgan fingerprint density at radius 1 is 1.21 bits per heavy atom. The number of carbonyl (C=O) groups excluding carboxylic acids is 2. The van der Waals surface area contributed by atoms with Crippen molar-refractivity contribution in [1.82, 2.24) is 0 Å². The number of halogens is 2. The Bertz CT molecular complexity index is 870. The fourth-order valence-corrected chi connectivity index (χ4v) is 8.91. The summed E-state index contributed by atoms with van der Waals surface area (Å²) in [6.07, 6.45) is 3.59. The van der Waals surface area contributed by atoms with E-state index in [1.807, 2.05) is 6.92 Å². The Hall–Kier alpha value is -1.30. The standard InChI is InChI=1S/C28H42F2O4/c1-6-8-9-11-28(34-22(33)7-2)16(3)13-18-17-14-19(29)24-25(30)20(31)10-12-26(24,4)23(17)21(32)15-27(18,28)5/h16-19,21,23,32H,6-15H2,1-5H3/t16?,17-,18-,19?,21?,23-,26+,27-,28?/m0/s1. The van der Waals surface area contributed by atoms with Crippen LogP contribution < -0.4 is 0 Å². The molecule has 0 aromatic carbocycles. The largest absolute Gasteiger partial charge is 0.458 e. The van der Waals surface area contributed by atoms with Crippen molar-refractivity contribution >= 4 is 11.8 Å². The van der Waals surface area contributed by atoms with Gasteiger partial charge in [0.2, 0.25) is 0 Å². The summed E-state index contributed by atoms with van der Waals surface area (Å²) >= 11 is 0. The van der Waals surface area contributed by atoms with Gasteiger partial charge in [0.1, 0.15) is 11.8 Å². The van der Waals surface area contributed by atoms with Gasteiger partial charge in [-0.15, -0.1) is 0 Å². The number of hydrogen-bond acceptors (Lipinski definition) is 4. The molecular formula is C28H42F2O4. The molecule has 4 aliphatic rings. The number of unbranched alkanes of at least 4 members (excludes halogenated alkanes) is 2. The van der Waals surface area contributed by atoms with E-state index in [1.54, 1.807) is 6.92 Å². The summed E-state index contributed by atoms with van der Waals surface area (Å²) in [5.41, 5.74) is -2.04. The molecule has 0 heterocycles. The first-order valence-electron chi connectivity index (χ1n) is 13.4. The second kappa shape index (κ2) is 8.97. The Morgan fingerprint density at radius 2 is 1.91 bits per heavy atom. The Morgan fingerprint density at radius 3 is 2.56 bits per heavy atom. The first-order chi connectivity index (χ1) is 16.0. The predicted molar refractivity (Wildman–Crippen MR) is 126 cm³/mol. The minimum absolute atomic E-state index is 0.00896. The molecule has 0 radical (unpaired) electrons. The number of allylic oxidation sites excluding steroid dienone is 1. The second-order valence-corrected chi connectivity index (χ2v) is 12.1. The summed E-state index contributed by atoms with van der Waals surface area (Å²) in [6.45, 7) is 10.1. The van der Waals surface area contributed by atoms with E-state index in [-0.39, 0.29) is 48.1 Å². The number of rotatable bonds is 6. The van der Waals surface area contributed by atoms with Gasteiger partial charge in [-0.1, -0.05) is 47.5 Å². The number of ketones is 1. The number of aliphatic hydroxyl groups excluding tert-OH is 1. The molecular weight excluding hydrogens is 438 g/mol. The van der Waals surface area contributed by atoms with Crippen molar-refractivity contribution in [2.24, 2.45) is 34.5 Å². The average molecular weight is 481 g/mol. The number of hydrogen-bond donors (Lipinski definition) is 1. The van der Waals surface area contributed by atoms with Gasteiger partial charge < -0.3 is 9.84 Å². The average Bonchev–Trinajstić information content (AvgIpc) is 2.98. The highest BCUT2D eigenvalue weighted by Crippen LogP contribution is 2.70. The van der Waals surface area contributed by atoms with Crippen LogP contribution in [0.3, 0.4) is 0 Å². The van der Waals surface area contributed by atoms with E-state index < -0.39 is 40.3 Å². The molecule has 9 atom stereocenters. The Kier molecular flexibility index (Phi) is 6.81. The summed E-state index contributed by atoms with van der Waals surface area (Å²) < 4.78 is 36.9. The van der Waals surface area contributed by atoms with Crippen LogP contribution in [0.15, 0.2) is 11.4 Å². The second-order valence-electron chi connectivity index (χ2n) is 12.1. The summed E-state index contributed by atoms with van der Waals surface area (Å²) in [7, 11) is 0. The number of carbonyl (C=O) groups is 2. The molecule has 0 aliphatic heterocycles. The molecule has 0 amide bonds. The summed E-state index contributed by atoms with van der Waals surface area (Å²) in [6, 6.07) is 0. The van der Waals surface area contributed by atoms with Crippen molar-refractivity contribution in [3.63, 3.8) is 0 Å². The number of fused-ring (bicyclic) bond motifs is 5. The van der Waals surface area contributed by atoms with Gasteiger partial charge in [0.15, 0.2) is 11.6 Å². The van der Waals surface area contributed by atoms with E-state index in [9.17, 15) is 19.1 Å². The van der Waals surface area contributed by atoms with Crippen molar-refractivity contribution < 1.29 is 28.2 Å². The third-order valence-electron chi connectivity index (χ3n) is 10.4. The van der Waals surface area contributed by atoms with E-state index in [0.29, 0.717) is 19.3 Å². The maximum Gasteiger partial charge on any atom is 0.306 e. The highest BCUT2D eigenvalue weighted by atomic mass is 19.1. The smallest absolute Gasteiger partial charge is 0.306 e. The molecule has 1 N–H and O–H groups in total. The van der Waals surface area contributed by atoms with Gasteiger partial charge in [0, 0.05) is 29.2 Å². The third-order valence-corrected chi connectivity index (χ3v) is 10.4. The van der Waals surface area contributed by atoms with Crippen LogP contribution in [0.25, 0.3) is 0 Å². The van der Waals surface area contributed by atoms with Crippen molar-refractivity contribution in [2.75, 3.05) is 0 Å². The first-order valence-corrected chi connectivity index (χ1v) is 13.4. The van der Waals surface area contributed by atoms with Crippen LogP contribution in [0.1, 0.15) is 98.8 Å². The van der Waals surface area contributed by atoms with E-state index in [1.165, 1.54) is 0 Å². The highest BCUT2D eigenvalue weighted by Gasteiger charge is 2.71. The van der Waals surface area contributed by atoms with Crippen molar-refractivity contribution in [2.45, 2.75) is 117 Å². The molecule has 34 heavy (non-hydrogen) atoms. The number of esters is 1. The molecule has 0 spiro atoms. The van der Waals surface area contributed by atoms with Gasteiger partial charge in [-0.05, 0) is 62.2 Å². The lowest BCUT2D eigenvalue weighted by Gasteiger charge is -2.61. The zero-order chi connectivity index (χ0) is 25.1. The molecule has 0 bridgehead atoms. The molecule has 4 rings (SSSR count). The van der Waals surface area contributed by atoms with Gasteiger partial charge in [0.05, 0.1) is 6.10 Å². The zero-order valence-corrected chi connectivity index (χ0v) is 21.5. The Labute approximate surface area is 202 Å². The van der Waals surface area contributed by atoms with Crippen LogP contribution >= 0.6 is 0 Å². The number of ether oxygens (including phenoxy) is 1. The van der Waals surface area contributed by atoms with Gasteiger partial charge in [-0.2, -0.15) is 0 Å². The van der Waals surface area contributed by atoms with Gasteiger partial charge in [-0.3, -0.25) is 9.59 Å². The van der Waals surface area contributed by atoms with E-state index in [0.717, 1.165) is 32.1 Å². The van der Waals surface area contributed by atoms with Gasteiger partial charge in [0.25, 0.3) is 0 Å².